The molecule has 44 heavy (non-hydrogen) atoms. The zero-order valence-electron chi connectivity index (χ0n) is 25.8. The summed E-state index contributed by atoms with van der Waals surface area (Å²) in [6.07, 6.45) is 0.243. The lowest BCUT2D eigenvalue weighted by atomic mass is 10.0. The number of aryl methyl sites for hydroxylation is 1. The summed E-state index contributed by atoms with van der Waals surface area (Å²) < 4.78 is 0. The summed E-state index contributed by atoms with van der Waals surface area (Å²) >= 11 is 0. The van der Waals surface area contributed by atoms with Gasteiger partial charge in [0.25, 0.3) is 5.91 Å². The first-order chi connectivity index (χ1) is 21.1. The number of nitrogens with zero attached hydrogens (tertiary/aromatic N) is 2. The van der Waals surface area contributed by atoms with Gasteiger partial charge in [-0.3, -0.25) is 28.9 Å². The Hall–Kier alpha value is -3.88. The Kier molecular flexibility index (Phi) is 12.8. The summed E-state index contributed by atoms with van der Waals surface area (Å²) in [5, 5.41) is 27.8. The van der Waals surface area contributed by atoms with Crippen molar-refractivity contribution in [1.82, 2.24) is 15.1 Å². The van der Waals surface area contributed by atoms with Crippen LogP contribution in [0.2, 0.25) is 0 Å². The van der Waals surface area contributed by atoms with Crippen molar-refractivity contribution >= 4 is 35.0 Å². The van der Waals surface area contributed by atoms with Gasteiger partial charge in [0, 0.05) is 49.2 Å². The molecular weight excluding hydrogens is 568 g/mol. The van der Waals surface area contributed by atoms with Crippen LogP contribution in [0.1, 0.15) is 66.1 Å². The molecule has 0 bridgehead atoms. The number of benzene rings is 2. The van der Waals surface area contributed by atoms with Gasteiger partial charge in [-0.2, -0.15) is 0 Å². The van der Waals surface area contributed by atoms with Gasteiger partial charge in [0.15, 0.2) is 6.29 Å². The Bertz CT molecular complexity index is 1340. The summed E-state index contributed by atoms with van der Waals surface area (Å²) in [5.41, 5.74) is 3.59. The second kappa shape index (κ2) is 16.3. The van der Waals surface area contributed by atoms with Crippen LogP contribution < -0.4 is 21.8 Å². The lowest BCUT2D eigenvalue weighted by Gasteiger charge is -2.30. The molecule has 7 N–H and O–H groups in total. The maximum atomic E-state index is 13.1. The number of aliphatic hydroxyl groups is 2. The van der Waals surface area contributed by atoms with Crippen molar-refractivity contribution in [2.45, 2.75) is 77.4 Å². The lowest BCUT2D eigenvalue weighted by molar-refractivity contribution is -0.142. The molecule has 0 saturated heterocycles. The Morgan fingerprint density at radius 2 is 1.75 bits per heavy atom. The number of hydrogen-bond acceptors (Lipinski definition) is 9. The first-order valence-electron chi connectivity index (χ1n) is 14.7. The van der Waals surface area contributed by atoms with Crippen molar-refractivity contribution in [1.29, 1.82) is 0 Å². The molecule has 2 aromatic carbocycles. The van der Waals surface area contributed by atoms with E-state index in [1.807, 2.05) is 24.8 Å². The normalized spacial score (nSPS) is 14.6. The molecular formula is C31H44N6O7. The van der Waals surface area contributed by atoms with Crippen molar-refractivity contribution < 1.29 is 34.2 Å². The highest BCUT2D eigenvalue weighted by Crippen LogP contribution is 2.32. The van der Waals surface area contributed by atoms with E-state index in [4.69, 9.17) is 5.90 Å². The number of carbonyl (C=O) groups excluding carboxylic acids is 4. The summed E-state index contributed by atoms with van der Waals surface area (Å²) in [6.45, 7) is 4.28. The van der Waals surface area contributed by atoms with Crippen LogP contribution in [0.5, 0.6) is 0 Å². The van der Waals surface area contributed by atoms with Crippen molar-refractivity contribution in [3.63, 3.8) is 0 Å². The number of hydrogen-bond donors (Lipinski definition) is 6. The van der Waals surface area contributed by atoms with Crippen LogP contribution in [0.4, 0.5) is 11.4 Å². The maximum absolute atomic E-state index is 13.1. The predicted molar refractivity (Wildman–Crippen MR) is 165 cm³/mol. The van der Waals surface area contributed by atoms with E-state index in [0.29, 0.717) is 54.7 Å². The smallest absolute Gasteiger partial charge is 0.255 e. The molecule has 13 nitrogen and oxygen atoms in total. The van der Waals surface area contributed by atoms with Gasteiger partial charge in [0.05, 0.1) is 12.1 Å². The summed E-state index contributed by atoms with van der Waals surface area (Å²) in [7, 11) is 3.37. The molecule has 1 aliphatic heterocycles. The van der Waals surface area contributed by atoms with E-state index in [2.05, 4.69) is 20.8 Å². The maximum Gasteiger partial charge on any atom is 0.255 e. The fraction of sp³-hybridized carbons (Fsp3) is 0.484. The van der Waals surface area contributed by atoms with E-state index in [9.17, 15) is 29.4 Å². The number of nitrogens with two attached hydrogens (primary N) is 1. The summed E-state index contributed by atoms with van der Waals surface area (Å²) in [5.74, 6) is 3.63. The van der Waals surface area contributed by atoms with E-state index < -0.39 is 36.6 Å². The SMILES string of the molecule is CCCC(C(O)ON)N1Cc2c(NC(=O)CC(=O)Nc3cccc(C)c3CN(C)C(CCCO)C(=O)NC)cccc2C1=O. The molecule has 2 aromatic rings. The molecule has 0 spiro atoms. The predicted octanol–water partition coefficient (Wildman–Crippen LogP) is 1.61. The van der Waals surface area contributed by atoms with Crippen molar-refractivity contribution in [2.24, 2.45) is 5.90 Å². The number of aliphatic hydroxyl groups excluding tert-OH is 2. The van der Waals surface area contributed by atoms with Gasteiger partial charge in [-0.05, 0) is 62.6 Å². The third kappa shape index (κ3) is 8.39. The molecule has 1 heterocycles. The molecule has 0 aromatic heterocycles. The Morgan fingerprint density at radius 1 is 1.09 bits per heavy atom. The number of nitrogens with one attached hydrogen (secondary N) is 3. The number of rotatable bonds is 16. The van der Waals surface area contributed by atoms with Crippen molar-refractivity contribution in [2.75, 3.05) is 31.3 Å². The number of carbonyl (C=O) groups is 4. The van der Waals surface area contributed by atoms with Crippen LogP contribution in [0.3, 0.4) is 0 Å². The van der Waals surface area contributed by atoms with E-state index in [-0.39, 0.29) is 25.0 Å². The second-order valence-corrected chi connectivity index (χ2v) is 10.9. The number of fused-ring (bicyclic) bond motifs is 1. The van der Waals surface area contributed by atoms with Gasteiger partial charge < -0.3 is 31.1 Å². The van der Waals surface area contributed by atoms with E-state index in [0.717, 1.165) is 11.1 Å². The van der Waals surface area contributed by atoms with Crippen LogP contribution in [-0.2, 0) is 32.3 Å². The summed E-state index contributed by atoms with van der Waals surface area (Å²) in [6, 6.07) is 9.25. The molecule has 1 aliphatic rings. The fourth-order valence-electron chi connectivity index (χ4n) is 5.50. The molecule has 0 fully saturated rings. The molecule has 3 unspecified atom stereocenters. The Morgan fingerprint density at radius 3 is 2.39 bits per heavy atom. The van der Waals surface area contributed by atoms with E-state index in [1.165, 1.54) is 4.90 Å². The van der Waals surface area contributed by atoms with Gasteiger partial charge in [0.2, 0.25) is 17.7 Å². The molecule has 13 heteroatoms. The minimum absolute atomic E-state index is 0.0266. The molecule has 0 radical (unpaired) electrons. The van der Waals surface area contributed by atoms with Gasteiger partial charge in [-0.25, -0.2) is 5.90 Å². The second-order valence-electron chi connectivity index (χ2n) is 10.9. The number of amides is 4. The highest BCUT2D eigenvalue weighted by atomic mass is 16.7. The average Bonchev–Trinajstić information content (AvgIpc) is 3.33. The van der Waals surface area contributed by atoms with Crippen LogP contribution in [0, 0.1) is 6.92 Å². The lowest BCUT2D eigenvalue weighted by Crippen LogP contribution is -2.45. The van der Waals surface area contributed by atoms with E-state index in [1.54, 1.807) is 44.4 Å². The first-order valence-corrected chi connectivity index (χ1v) is 14.7. The largest absolute Gasteiger partial charge is 0.396 e. The summed E-state index contributed by atoms with van der Waals surface area (Å²) in [4.78, 5) is 59.6. The van der Waals surface area contributed by atoms with Crippen molar-refractivity contribution in [3.05, 3.63) is 58.7 Å². The van der Waals surface area contributed by atoms with Gasteiger partial charge >= 0.3 is 0 Å². The quantitative estimate of drug-likeness (QED) is 0.0930. The Balaban J connectivity index is 1.70. The Labute approximate surface area is 257 Å². The zero-order chi connectivity index (χ0) is 32.4. The van der Waals surface area contributed by atoms with Gasteiger partial charge in [0.1, 0.15) is 6.42 Å². The minimum Gasteiger partial charge on any atom is -0.396 e. The monoisotopic (exact) mass is 612 g/mol. The van der Waals surface area contributed by atoms with Crippen LogP contribution in [-0.4, -0.2) is 82.7 Å². The molecule has 3 atom stereocenters. The van der Waals surface area contributed by atoms with E-state index >= 15 is 0 Å². The average molecular weight is 613 g/mol. The minimum atomic E-state index is -1.36. The highest BCUT2D eigenvalue weighted by molar-refractivity contribution is 6.09. The van der Waals surface area contributed by atoms with Gasteiger partial charge in [-0.15, -0.1) is 0 Å². The third-order valence-electron chi connectivity index (χ3n) is 7.85. The number of anilines is 2. The van der Waals surface area contributed by atoms with Crippen LogP contribution in [0.15, 0.2) is 36.4 Å². The first kappa shape index (κ1) is 34.6. The molecule has 3 rings (SSSR count). The molecule has 0 saturated carbocycles. The fourth-order valence-corrected chi connectivity index (χ4v) is 5.50. The number of likely N-dealkylation sites (N-methyl/N-ethyl adjacent to an activating group) is 2. The third-order valence-corrected chi connectivity index (χ3v) is 7.85. The topological polar surface area (TPSA) is 187 Å². The van der Waals surface area contributed by atoms with Crippen LogP contribution >= 0.6 is 0 Å². The van der Waals surface area contributed by atoms with Crippen molar-refractivity contribution in [3.8, 4) is 0 Å². The zero-order valence-corrected chi connectivity index (χ0v) is 25.8. The van der Waals surface area contributed by atoms with Crippen LogP contribution in [0.25, 0.3) is 0 Å². The molecule has 4 amide bonds. The molecule has 0 aliphatic carbocycles. The standard InChI is InChI=1S/C31H44N6O7/c1-5-9-26(31(43)44-32)37-18-22-20(30(37)42)11-7-13-24(22)35-28(40)16-27(39)34-23-12-6-10-19(2)21(23)17-36(4)25(14-8-15-38)29(41)33-3/h6-7,10-13,25-26,31,38,43H,5,8-9,14-18,32H2,1-4H3,(H,33,41)(H,34,39)(H,35,40). The highest BCUT2D eigenvalue weighted by Gasteiger charge is 2.37. The molecule has 240 valence electrons. The van der Waals surface area contributed by atoms with Gasteiger partial charge in [-0.1, -0.05) is 31.5 Å².